The molecule has 22 heavy (non-hydrogen) atoms. The predicted octanol–water partition coefficient (Wildman–Crippen LogP) is 3.38. The van der Waals surface area contributed by atoms with Gasteiger partial charge >= 0.3 is 0 Å². The first-order chi connectivity index (χ1) is 10.8. The SMILES string of the molecule is C/C=N/N=C(/c1ccccn1)c1ccccc1CN(C)CC. The third kappa shape index (κ3) is 4.09. The number of hydrogen-bond donors (Lipinski definition) is 0. The van der Waals surface area contributed by atoms with Crippen molar-refractivity contribution in [1.29, 1.82) is 0 Å². The normalized spacial score (nSPS) is 12.3. The highest BCUT2D eigenvalue weighted by atomic mass is 15.2. The Hall–Kier alpha value is -2.33. The Balaban J connectivity index is 2.49. The second kappa shape index (κ2) is 8.20. The smallest absolute Gasteiger partial charge is 0.119 e. The molecule has 0 aliphatic carbocycles. The lowest BCUT2D eigenvalue weighted by molar-refractivity contribution is 0.345. The van der Waals surface area contributed by atoms with Crippen LogP contribution in [0.4, 0.5) is 0 Å². The third-order valence-electron chi connectivity index (χ3n) is 3.43. The topological polar surface area (TPSA) is 40.9 Å². The minimum absolute atomic E-state index is 0.804. The Morgan fingerprint density at radius 2 is 1.95 bits per heavy atom. The summed E-state index contributed by atoms with van der Waals surface area (Å²) >= 11 is 0. The number of nitrogens with zero attached hydrogens (tertiary/aromatic N) is 4. The number of hydrogen-bond acceptors (Lipinski definition) is 4. The first kappa shape index (κ1) is 16.0. The number of benzene rings is 1. The van der Waals surface area contributed by atoms with Crippen molar-refractivity contribution in [2.24, 2.45) is 10.2 Å². The van der Waals surface area contributed by atoms with E-state index in [4.69, 9.17) is 0 Å². The van der Waals surface area contributed by atoms with Crippen molar-refractivity contribution in [3.8, 4) is 0 Å². The van der Waals surface area contributed by atoms with Crippen LogP contribution in [0.2, 0.25) is 0 Å². The van der Waals surface area contributed by atoms with Gasteiger partial charge in [-0.15, -0.1) is 5.10 Å². The van der Waals surface area contributed by atoms with Crippen LogP contribution in [0.25, 0.3) is 0 Å². The zero-order chi connectivity index (χ0) is 15.8. The van der Waals surface area contributed by atoms with E-state index in [1.165, 1.54) is 5.56 Å². The first-order valence-electron chi connectivity index (χ1n) is 7.50. The molecule has 0 saturated heterocycles. The first-order valence-corrected chi connectivity index (χ1v) is 7.50. The van der Waals surface area contributed by atoms with Gasteiger partial charge in [0.25, 0.3) is 0 Å². The molecule has 0 aliphatic heterocycles. The van der Waals surface area contributed by atoms with E-state index in [1.807, 2.05) is 31.2 Å². The molecule has 0 amide bonds. The quantitative estimate of drug-likeness (QED) is 0.605. The third-order valence-corrected chi connectivity index (χ3v) is 3.43. The Labute approximate surface area is 132 Å². The molecular weight excluding hydrogens is 272 g/mol. The zero-order valence-corrected chi connectivity index (χ0v) is 13.4. The molecule has 0 saturated carbocycles. The van der Waals surface area contributed by atoms with Gasteiger partial charge in [0.15, 0.2) is 0 Å². The van der Waals surface area contributed by atoms with Crippen LogP contribution >= 0.6 is 0 Å². The summed E-state index contributed by atoms with van der Waals surface area (Å²) in [6.07, 6.45) is 3.46. The van der Waals surface area contributed by atoms with Gasteiger partial charge in [-0.3, -0.25) is 4.98 Å². The van der Waals surface area contributed by atoms with Gasteiger partial charge in [-0.25, -0.2) is 0 Å². The molecule has 0 N–H and O–H groups in total. The van der Waals surface area contributed by atoms with E-state index in [0.717, 1.165) is 30.1 Å². The van der Waals surface area contributed by atoms with Gasteiger partial charge in [-0.1, -0.05) is 37.3 Å². The molecule has 4 heteroatoms. The summed E-state index contributed by atoms with van der Waals surface area (Å²) in [5, 5.41) is 8.46. The molecule has 2 aromatic rings. The molecule has 0 fully saturated rings. The average molecular weight is 294 g/mol. The summed E-state index contributed by atoms with van der Waals surface area (Å²) in [6.45, 7) is 5.87. The van der Waals surface area contributed by atoms with Crippen LogP contribution in [0.3, 0.4) is 0 Å². The van der Waals surface area contributed by atoms with Crippen LogP contribution in [-0.2, 0) is 6.54 Å². The highest BCUT2D eigenvalue weighted by Crippen LogP contribution is 2.16. The lowest BCUT2D eigenvalue weighted by Gasteiger charge is -2.17. The molecule has 1 heterocycles. The Morgan fingerprint density at radius 3 is 2.64 bits per heavy atom. The van der Waals surface area contributed by atoms with Gasteiger partial charge in [0.05, 0.1) is 5.69 Å². The molecule has 0 atom stereocenters. The van der Waals surface area contributed by atoms with E-state index in [0.29, 0.717) is 0 Å². The molecule has 2 rings (SSSR count). The van der Waals surface area contributed by atoms with Gasteiger partial charge in [0.1, 0.15) is 5.71 Å². The van der Waals surface area contributed by atoms with Crippen LogP contribution in [0.15, 0.2) is 58.9 Å². The van der Waals surface area contributed by atoms with E-state index >= 15 is 0 Å². The second-order valence-electron chi connectivity index (χ2n) is 5.02. The van der Waals surface area contributed by atoms with Crippen molar-refractivity contribution in [1.82, 2.24) is 9.88 Å². The summed E-state index contributed by atoms with van der Waals surface area (Å²) in [5.74, 6) is 0. The molecule has 0 unspecified atom stereocenters. The van der Waals surface area contributed by atoms with Crippen molar-refractivity contribution in [3.63, 3.8) is 0 Å². The Kier molecular flexibility index (Phi) is 5.98. The molecule has 4 nitrogen and oxygen atoms in total. The van der Waals surface area contributed by atoms with Crippen molar-refractivity contribution in [2.45, 2.75) is 20.4 Å². The largest absolute Gasteiger partial charge is 0.302 e. The lowest BCUT2D eigenvalue weighted by Crippen LogP contribution is -2.19. The highest BCUT2D eigenvalue weighted by molar-refractivity contribution is 6.12. The Morgan fingerprint density at radius 1 is 1.18 bits per heavy atom. The molecule has 1 aromatic heterocycles. The monoisotopic (exact) mass is 294 g/mol. The summed E-state index contributed by atoms with van der Waals surface area (Å²) in [7, 11) is 2.11. The number of pyridine rings is 1. The van der Waals surface area contributed by atoms with E-state index in [9.17, 15) is 0 Å². The van der Waals surface area contributed by atoms with E-state index < -0.39 is 0 Å². The Bertz CT molecular complexity index is 647. The van der Waals surface area contributed by atoms with Crippen LogP contribution in [0.5, 0.6) is 0 Å². The summed E-state index contributed by atoms with van der Waals surface area (Å²) in [6, 6.07) is 14.1. The maximum atomic E-state index is 4.43. The molecule has 0 bridgehead atoms. The summed E-state index contributed by atoms with van der Waals surface area (Å²) < 4.78 is 0. The van der Waals surface area contributed by atoms with Crippen molar-refractivity contribution in [3.05, 3.63) is 65.5 Å². The van der Waals surface area contributed by atoms with Gasteiger partial charge in [0, 0.05) is 24.5 Å². The number of rotatable bonds is 6. The minimum Gasteiger partial charge on any atom is -0.302 e. The summed E-state index contributed by atoms with van der Waals surface area (Å²) in [4.78, 5) is 6.69. The molecule has 0 radical (unpaired) electrons. The van der Waals surface area contributed by atoms with E-state index in [2.05, 4.69) is 52.3 Å². The maximum absolute atomic E-state index is 4.43. The molecule has 1 aromatic carbocycles. The van der Waals surface area contributed by atoms with Crippen LogP contribution in [0.1, 0.15) is 30.7 Å². The maximum Gasteiger partial charge on any atom is 0.119 e. The van der Waals surface area contributed by atoms with Gasteiger partial charge < -0.3 is 4.90 Å². The highest BCUT2D eigenvalue weighted by Gasteiger charge is 2.13. The van der Waals surface area contributed by atoms with Crippen molar-refractivity contribution >= 4 is 11.9 Å². The molecule has 114 valence electrons. The molecule has 0 aliphatic rings. The van der Waals surface area contributed by atoms with Crippen LogP contribution in [0, 0.1) is 0 Å². The number of aromatic nitrogens is 1. The minimum atomic E-state index is 0.804. The fourth-order valence-electron chi connectivity index (χ4n) is 2.15. The molecule has 0 spiro atoms. The van der Waals surface area contributed by atoms with Crippen LogP contribution in [-0.4, -0.2) is 35.4 Å². The zero-order valence-electron chi connectivity index (χ0n) is 13.4. The fraction of sp³-hybridized carbons (Fsp3) is 0.278. The predicted molar refractivity (Wildman–Crippen MR) is 92.5 cm³/mol. The molecular formula is C18H22N4. The van der Waals surface area contributed by atoms with Crippen molar-refractivity contribution in [2.75, 3.05) is 13.6 Å². The van der Waals surface area contributed by atoms with Gasteiger partial charge in [0.2, 0.25) is 0 Å². The summed E-state index contributed by atoms with van der Waals surface area (Å²) in [5.41, 5.74) is 3.94. The van der Waals surface area contributed by atoms with E-state index in [-0.39, 0.29) is 0 Å². The van der Waals surface area contributed by atoms with Gasteiger partial charge in [-0.2, -0.15) is 5.10 Å². The lowest BCUT2D eigenvalue weighted by atomic mass is 10.00. The van der Waals surface area contributed by atoms with Crippen LogP contribution < -0.4 is 0 Å². The van der Waals surface area contributed by atoms with E-state index in [1.54, 1.807) is 12.4 Å². The fourth-order valence-corrected chi connectivity index (χ4v) is 2.15. The second-order valence-corrected chi connectivity index (χ2v) is 5.02. The standard InChI is InChI=1S/C18H22N4/c1-4-20-21-18(17-12-8-9-13-19-17)16-11-7-6-10-15(16)14-22(3)5-2/h4,6-13H,5,14H2,1-3H3/b20-4+,21-18+. The van der Waals surface area contributed by atoms with Crippen molar-refractivity contribution < 1.29 is 0 Å². The average Bonchev–Trinajstić information content (AvgIpc) is 2.57. The van der Waals surface area contributed by atoms with Gasteiger partial charge in [-0.05, 0) is 38.2 Å².